The summed E-state index contributed by atoms with van der Waals surface area (Å²) in [6.07, 6.45) is -4.61. The summed E-state index contributed by atoms with van der Waals surface area (Å²) in [5, 5.41) is 13.6. The number of hydrogen-bond acceptors (Lipinski definition) is 4. The number of aromatic nitrogens is 4. The number of anilines is 2. The van der Waals surface area contributed by atoms with E-state index < -0.39 is 12.0 Å². The van der Waals surface area contributed by atoms with E-state index in [0.717, 1.165) is 11.3 Å². The molecule has 0 radical (unpaired) electrons. The van der Waals surface area contributed by atoms with Crippen molar-refractivity contribution < 1.29 is 13.2 Å². The van der Waals surface area contributed by atoms with Crippen LogP contribution in [0.2, 0.25) is 0 Å². The highest BCUT2D eigenvalue weighted by Crippen LogP contribution is 2.28. The molecule has 0 saturated heterocycles. The van der Waals surface area contributed by atoms with Crippen molar-refractivity contribution >= 4 is 17.2 Å². The molecule has 0 saturated carbocycles. The molecule has 1 aromatic carbocycles. The van der Waals surface area contributed by atoms with Crippen LogP contribution in [0.25, 0.3) is 5.65 Å². The first-order valence-electron chi connectivity index (χ1n) is 7.01. The Morgan fingerprint density at radius 1 is 1.09 bits per heavy atom. The second-order valence-corrected chi connectivity index (χ2v) is 5.42. The molecule has 5 nitrogen and oxygen atoms in total. The lowest BCUT2D eigenvalue weighted by Crippen LogP contribution is -2.13. The van der Waals surface area contributed by atoms with Gasteiger partial charge in [0, 0.05) is 5.69 Å². The van der Waals surface area contributed by atoms with Crippen molar-refractivity contribution in [2.75, 3.05) is 5.32 Å². The summed E-state index contributed by atoms with van der Waals surface area (Å²) in [4.78, 5) is 0. The first-order chi connectivity index (χ1) is 10.8. The topological polar surface area (TPSA) is 55.1 Å². The molecule has 0 fully saturated rings. The van der Waals surface area contributed by atoms with Crippen LogP contribution < -0.4 is 5.32 Å². The first-order valence-corrected chi connectivity index (χ1v) is 7.01. The maximum absolute atomic E-state index is 12.9. The zero-order chi connectivity index (χ0) is 16.6. The summed E-state index contributed by atoms with van der Waals surface area (Å²) in [7, 11) is 0. The fourth-order valence-electron chi connectivity index (χ4n) is 2.16. The van der Waals surface area contributed by atoms with E-state index in [1.165, 1.54) is 6.07 Å². The van der Waals surface area contributed by atoms with Crippen molar-refractivity contribution in [1.82, 2.24) is 19.8 Å². The molecular formula is C15H14F3N5. The van der Waals surface area contributed by atoms with Gasteiger partial charge in [-0.15, -0.1) is 15.3 Å². The maximum Gasteiger partial charge on any atom is 0.453 e. The molecule has 120 valence electrons. The van der Waals surface area contributed by atoms with Crippen LogP contribution in [0, 0.1) is 0 Å². The zero-order valence-electron chi connectivity index (χ0n) is 12.5. The molecule has 0 bridgehead atoms. The van der Waals surface area contributed by atoms with Gasteiger partial charge in [-0.25, -0.2) is 0 Å². The van der Waals surface area contributed by atoms with Gasteiger partial charge in [-0.05, 0) is 35.7 Å². The summed E-state index contributed by atoms with van der Waals surface area (Å²) in [5.41, 5.74) is 1.92. The average Bonchev–Trinajstić information content (AvgIpc) is 2.90. The lowest BCUT2D eigenvalue weighted by Gasteiger charge is -2.10. The normalized spacial score (nSPS) is 12.1. The van der Waals surface area contributed by atoms with Gasteiger partial charge >= 0.3 is 6.18 Å². The number of fused-ring (bicyclic) bond motifs is 1. The minimum Gasteiger partial charge on any atom is -0.339 e. The maximum atomic E-state index is 12.9. The quantitative estimate of drug-likeness (QED) is 0.792. The van der Waals surface area contributed by atoms with Gasteiger partial charge in [-0.1, -0.05) is 26.0 Å². The summed E-state index contributed by atoms with van der Waals surface area (Å²) in [6.45, 7) is 4.13. The Bertz CT molecular complexity index is 838. The molecule has 8 heteroatoms. The van der Waals surface area contributed by atoms with Gasteiger partial charge in [0.05, 0.1) is 0 Å². The first kappa shape index (κ1) is 15.3. The van der Waals surface area contributed by atoms with Gasteiger partial charge in [0.25, 0.3) is 5.82 Å². The number of benzene rings is 1. The largest absolute Gasteiger partial charge is 0.453 e. The van der Waals surface area contributed by atoms with Crippen LogP contribution in [0.3, 0.4) is 0 Å². The Morgan fingerprint density at radius 3 is 2.57 bits per heavy atom. The molecule has 0 amide bonds. The number of rotatable bonds is 3. The van der Waals surface area contributed by atoms with Gasteiger partial charge < -0.3 is 5.32 Å². The molecule has 0 unspecified atom stereocenters. The van der Waals surface area contributed by atoms with Crippen molar-refractivity contribution in [3.63, 3.8) is 0 Å². The van der Waals surface area contributed by atoms with Crippen molar-refractivity contribution in [2.45, 2.75) is 25.9 Å². The van der Waals surface area contributed by atoms with E-state index >= 15 is 0 Å². The highest BCUT2D eigenvalue weighted by atomic mass is 19.4. The molecular weight excluding hydrogens is 307 g/mol. The third kappa shape index (κ3) is 3.10. The summed E-state index contributed by atoms with van der Waals surface area (Å²) < 4.78 is 39.3. The third-order valence-corrected chi connectivity index (χ3v) is 3.34. The predicted octanol–water partition coefficient (Wildman–Crippen LogP) is 4.01. The van der Waals surface area contributed by atoms with Crippen LogP contribution in [-0.4, -0.2) is 19.8 Å². The number of halogens is 3. The van der Waals surface area contributed by atoms with E-state index in [-0.39, 0.29) is 11.5 Å². The Kier molecular flexibility index (Phi) is 3.67. The fraction of sp³-hybridized carbons (Fsp3) is 0.267. The van der Waals surface area contributed by atoms with E-state index in [4.69, 9.17) is 0 Å². The lowest BCUT2D eigenvalue weighted by molar-refractivity contribution is -0.146. The summed E-state index contributed by atoms with van der Waals surface area (Å²) in [6, 6.07) is 10.6. The minimum absolute atomic E-state index is 0.0406. The van der Waals surface area contributed by atoms with E-state index in [0.29, 0.717) is 10.4 Å². The number of hydrogen-bond donors (Lipinski definition) is 1. The lowest BCUT2D eigenvalue weighted by atomic mass is 10.0. The molecule has 23 heavy (non-hydrogen) atoms. The highest BCUT2D eigenvalue weighted by Gasteiger charge is 2.37. The SMILES string of the molecule is CC(C)c1cccc(Nc2ccc3nnc(C(F)(F)F)n3n2)c1. The van der Waals surface area contributed by atoms with Crippen LogP contribution in [0.4, 0.5) is 24.7 Å². The monoisotopic (exact) mass is 321 g/mol. The predicted molar refractivity (Wildman–Crippen MR) is 79.6 cm³/mol. The Morgan fingerprint density at radius 2 is 1.87 bits per heavy atom. The van der Waals surface area contributed by atoms with Crippen LogP contribution in [0.15, 0.2) is 36.4 Å². The van der Waals surface area contributed by atoms with Crippen LogP contribution in [0.1, 0.15) is 31.2 Å². The zero-order valence-corrected chi connectivity index (χ0v) is 12.5. The van der Waals surface area contributed by atoms with Crippen molar-refractivity contribution in [3.8, 4) is 0 Å². The minimum atomic E-state index is -4.61. The molecule has 2 aromatic heterocycles. The van der Waals surface area contributed by atoms with E-state index in [2.05, 4.69) is 34.5 Å². The molecule has 3 aromatic rings. The standard InChI is InChI=1S/C15H14F3N5/c1-9(2)10-4-3-5-11(8-10)19-12-6-7-13-20-21-14(15(16,17)18)23(13)22-12/h3-9H,1-2H3,(H,19,22). The smallest absolute Gasteiger partial charge is 0.339 e. The number of nitrogens with zero attached hydrogens (tertiary/aromatic N) is 4. The molecule has 0 aliphatic rings. The van der Waals surface area contributed by atoms with Gasteiger partial charge in [0.1, 0.15) is 0 Å². The molecule has 3 rings (SSSR count). The Labute approximate surface area is 130 Å². The van der Waals surface area contributed by atoms with Gasteiger partial charge in [0.15, 0.2) is 11.5 Å². The van der Waals surface area contributed by atoms with Crippen molar-refractivity contribution in [2.24, 2.45) is 0 Å². The van der Waals surface area contributed by atoms with Gasteiger partial charge in [0.2, 0.25) is 0 Å². The highest BCUT2D eigenvalue weighted by molar-refractivity contribution is 5.58. The molecule has 0 atom stereocenters. The van der Waals surface area contributed by atoms with Gasteiger partial charge in [-0.3, -0.25) is 0 Å². The second-order valence-electron chi connectivity index (χ2n) is 5.42. The van der Waals surface area contributed by atoms with Crippen molar-refractivity contribution in [1.29, 1.82) is 0 Å². The molecule has 2 heterocycles. The van der Waals surface area contributed by atoms with E-state index in [1.54, 1.807) is 6.07 Å². The number of alkyl halides is 3. The average molecular weight is 321 g/mol. The Hall–Kier alpha value is -2.64. The summed E-state index contributed by atoms with van der Waals surface area (Å²) >= 11 is 0. The Balaban J connectivity index is 1.96. The number of nitrogens with one attached hydrogen (secondary N) is 1. The molecule has 0 aliphatic carbocycles. The second kappa shape index (κ2) is 5.53. The van der Waals surface area contributed by atoms with Crippen LogP contribution >= 0.6 is 0 Å². The molecule has 1 N–H and O–H groups in total. The molecule has 0 aliphatic heterocycles. The van der Waals surface area contributed by atoms with E-state index in [1.807, 2.05) is 24.3 Å². The van der Waals surface area contributed by atoms with Crippen LogP contribution in [-0.2, 0) is 6.18 Å². The summed E-state index contributed by atoms with van der Waals surface area (Å²) in [5.74, 6) is -0.516. The van der Waals surface area contributed by atoms with E-state index in [9.17, 15) is 13.2 Å². The third-order valence-electron chi connectivity index (χ3n) is 3.34. The van der Waals surface area contributed by atoms with Crippen LogP contribution in [0.5, 0.6) is 0 Å². The molecule has 0 spiro atoms. The van der Waals surface area contributed by atoms with Crippen molar-refractivity contribution in [3.05, 3.63) is 47.8 Å². The fourth-order valence-corrected chi connectivity index (χ4v) is 2.16. The van der Waals surface area contributed by atoms with Gasteiger partial charge in [-0.2, -0.15) is 17.7 Å².